The third kappa shape index (κ3) is 1.38. The van der Waals surface area contributed by atoms with Crippen molar-refractivity contribution in [3.05, 3.63) is 29.3 Å². The highest BCUT2D eigenvalue weighted by Gasteiger charge is 2.51. The zero-order valence-corrected chi connectivity index (χ0v) is 9.14. The molecule has 0 N–H and O–H groups in total. The van der Waals surface area contributed by atoms with Gasteiger partial charge in [-0.1, -0.05) is 13.3 Å². The molecule has 3 nitrogen and oxygen atoms in total. The zero-order chi connectivity index (χ0) is 11.1. The third-order valence-electron chi connectivity index (χ3n) is 3.19. The molecule has 0 aromatic heterocycles. The smallest absolute Gasteiger partial charge is 0.128 e. The van der Waals surface area contributed by atoms with E-state index in [0.29, 0.717) is 5.56 Å². The summed E-state index contributed by atoms with van der Waals surface area (Å²) in [4.78, 5) is 0. The normalized spacial score (nSPS) is 29.6. The molecule has 1 saturated heterocycles. The predicted molar refractivity (Wildman–Crippen MR) is 58.1 cm³/mol. The average Bonchev–Trinajstić information content (AvgIpc) is 3.09. The first-order valence-corrected chi connectivity index (χ1v) is 5.69. The molecular formula is C13H13NO2. The van der Waals surface area contributed by atoms with Gasteiger partial charge in [-0.25, -0.2) is 0 Å². The van der Waals surface area contributed by atoms with E-state index in [9.17, 15) is 0 Å². The standard InChI is InChI=1S/C13H13NO2/c1-2-3-11-13-12(16-13)9-6-8(7-14)4-5-10(9)15-11/h4-6,11-13H,2-3H2,1H3/t11-,12-,13+/m0/s1. The summed E-state index contributed by atoms with van der Waals surface area (Å²) in [6, 6.07) is 7.70. The Morgan fingerprint density at radius 2 is 2.31 bits per heavy atom. The molecule has 1 fully saturated rings. The van der Waals surface area contributed by atoms with Crippen LogP contribution in [0.1, 0.15) is 37.0 Å². The van der Waals surface area contributed by atoms with E-state index in [1.54, 1.807) is 6.07 Å². The van der Waals surface area contributed by atoms with Gasteiger partial charge < -0.3 is 9.47 Å². The predicted octanol–water partition coefficient (Wildman–Crippen LogP) is 2.56. The number of ether oxygens (including phenoxy) is 2. The maximum atomic E-state index is 8.84. The van der Waals surface area contributed by atoms with Gasteiger partial charge in [0.25, 0.3) is 0 Å². The number of hydrogen-bond acceptors (Lipinski definition) is 3. The Labute approximate surface area is 94.6 Å². The monoisotopic (exact) mass is 215 g/mol. The maximum absolute atomic E-state index is 8.84. The molecule has 2 aliphatic rings. The molecule has 0 amide bonds. The van der Waals surface area contributed by atoms with Crippen molar-refractivity contribution in [3.63, 3.8) is 0 Å². The van der Waals surface area contributed by atoms with E-state index in [0.717, 1.165) is 24.2 Å². The Hall–Kier alpha value is -1.53. The fraction of sp³-hybridized carbons (Fsp3) is 0.462. The lowest BCUT2D eigenvalue weighted by Crippen LogP contribution is -2.27. The quantitative estimate of drug-likeness (QED) is 0.712. The first kappa shape index (κ1) is 9.68. The Balaban J connectivity index is 1.93. The minimum atomic E-state index is 0.161. The van der Waals surface area contributed by atoms with Crippen LogP contribution in [0.4, 0.5) is 0 Å². The van der Waals surface area contributed by atoms with Crippen LogP contribution in [0.3, 0.4) is 0 Å². The Bertz CT molecular complexity index is 463. The van der Waals surface area contributed by atoms with Crippen LogP contribution in [0.15, 0.2) is 18.2 Å². The highest BCUT2D eigenvalue weighted by atomic mass is 16.6. The molecule has 2 heterocycles. The summed E-state index contributed by atoms with van der Waals surface area (Å²) in [6.07, 6.45) is 2.69. The number of hydrogen-bond donors (Lipinski definition) is 0. The number of rotatable bonds is 2. The van der Waals surface area contributed by atoms with E-state index < -0.39 is 0 Å². The summed E-state index contributed by atoms with van der Waals surface area (Å²) in [5.74, 6) is 0.885. The Morgan fingerprint density at radius 3 is 3.06 bits per heavy atom. The maximum Gasteiger partial charge on any atom is 0.128 e. The molecule has 16 heavy (non-hydrogen) atoms. The first-order chi connectivity index (χ1) is 7.83. The molecule has 0 spiro atoms. The van der Waals surface area contributed by atoms with Gasteiger partial charge in [-0.3, -0.25) is 0 Å². The molecule has 82 valence electrons. The van der Waals surface area contributed by atoms with Gasteiger partial charge >= 0.3 is 0 Å². The van der Waals surface area contributed by atoms with Crippen molar-refractivity contribution >= 4 is 0 Å². The molecular weight excluding hydrogens is 202 g/mol. The van der Waals surface area contributed by atoms with Crippen LogP contribution in [-0.2, 0) is 4.74 Å². The molecule has 2 aliphatic heterocycles. The van der Waals surface area contributed by atoms with Gasteiger partial charge in [0.2, 0.25) is 0 Å². The Kier molecular flexibility index (Phi) is 2.12. The molecule has 0 bridgehead atoms. The van der Waals surface area contributed by atoms with Crippen LogP contribution >= 0.6 is 0 Å². The zero-order valence-electron chi connectivity index (χ0n) is 9.14. The molecule has 0 saturated carbocycles. The lowest BCUT2D eigenvalue weighted by Gasteiger charge is -2.22. The largest absolute Gasteiger partial charge is 0.487 e. The van der Waals surface area contributed by atoms with Gasteiger partial charge in [-0.05, 0) is 24.6 Å². The number of fused-ring (bicyclic) bond motifs is 3. The lowest BCUT2D eigenvalue weighted by atomic mass is 9.98. The highest BCUT2D eigenvalue weighted by molar-refractivity contribution is 5.46. The fourth-order valence-electron chi connectivity index (χ4n) is 2.34. The van der Waals surface area contributed by atoms with Crippen molar-refractivity contribution in [1.29, 1.82) is 5.26 Å². The van der Waals surface area contributed by atoms with Crippen LogP contribution in [0.2, 0.25) is 0 Å². The van der Waals surface area contributed by atoms with Crippen molar-refractivity contribution < 1.29 is 9.47 Å². The second kappa shape index (κ2) is 3.50. The molecule has 0 unspecified atom stereocenters. The number of nitriles is 1. The van der Waals surface area contributed by atoms with Crippen molar-refractivity contribution in [2.75, 3.05) is 0 Å². The summed E-state index contributed by atoms with van der Waals surface area (Å²) < 4.78 is 11.5. The van der Waals surface area contributed by atoms with Crippen LogP contribution in [0.25, 0.3) is 0 Å². The van der Waals surface area contributed by atoms with Crippen LogP contribution in [0.5, 0.6) is 5.75 Å². The van der Waals surface area contributed by atoms with Crippen LogP contribution < -0.4 is 4.74 Å². The second-order valence-corrected chi connectivity index (χ2v) is 4.33. The summed E-state index contributed by atoms with van der Waals surface area (Å²) in [5, 5.41) is 8.84. The Morgan fingerprint density at radius 1 is 1.44 bits per heavy atom. The van der Waals surface area contributed by atoms with Crippen molar-refractivity contribution in [3.8, 4) is 11.8 Å². The summed E-state index contributed by atoms with van der Waals surface area (Å²) in [5.41, 5.74) is 1.71. The van der Waals surface area contributed by atoms with Gasteiger partial charge in [0.05, 0.1) is 11.6 Å². The van der Waals surface area contributed by atoms with E-state index in [1.165, 1.54) is 0 Å². The average molecular weight is 215 g/mol. The molecule has 1 aromatic carbocycles. The molecule has 0 aliphatic carbocycles. The molecule has 3 heteroatoms. The lowest BCUT2D eigenvalue weighted by molar-refractivity contribution is 0.149. The van der Waals surface area contributed by atoms with Gasteiger partial charge in [-0.2, -0.15) is 5.26 Å². The van der Waals surface area contributed by atoms with Crippen molar-refractivity contribution in [2.24, 2.45) is 0 Å². The van der Waals surface area contributed by atoms with Crippen molar-refractivity contribution in [1.82, 2.24) is 0 Å². The number of nitrogens with zero attached hydrogens (tertiary/aromatic N) is 1. The van der Waals surface area contributed by atoms with Crippen LogP contribution in [-0.4, -0.2) is 12.2 Å². The first-order valence-electron chi connectivity index (χ1n) is 5.69. The van der Waals surface area contributed by atoms with Gasteiger partial charge in [0.1, 0.15) is 24.1 Å². The highest BCUT2D eigenvalue weighted by Crippen LogP contribution is 2.50. The van der Waals surface area contributed by atoms with Crippen molar-refractivity contribution in [2.45, 2.75) is 38.1 Å². The third-order valence-corrected chi connectivity index (χ3v) is 3.19. The number of epoxide rings is 1. The van der Waals surface area contributed by atoms with E-state index >= 15 is 0 Å². The second-order valence-electron chi connectivity index (χ2n) is 4.33. The van der Waals surface area contributed by atoms with E-state index in [2.05, 4.69) is 13.0 Å². The summed E-state index contributed by atoms with van der Waals surface area (Å²) in [7, 11) is 0. The van der Waals surface area contributed by atoms with E-state index in [-0.39, 0.29) is 18.3 Å². The van der Waals surface area contributed by atoms with Gasteiger partial charge in [-0.15, -0.1) is 0 Å². The molecule has 3 rings (SSSR count). The van der Waals surface area contributed by atoms with Gasteiger partial charge in [0.15, 0.2) is 0 Å². The molecule has 0 radical (unpaired) electrons. The van der Waals surface area contributed by atoms with E-state index in [1.807, 2.05) is 12.1 Å². The SMILES string of the molecule is CCC[C@@H]1Oc2ccc(C#N)cc2[C@@H]2O[C@H]12. The molecule has 3 atom stereocenters. The summed E-state index contributed by atoms with van der Waals surface area (Å²) in [6.45, 7) is 2.15. The number of benzene rings is 1. The van der Waals surface area contributed by atoms with E-state index in [4.69, 9.17) is 14.7 Å². The van der Waals surface area contributed by atoms with Crippen LogP contribution in [0, 0.1) is 11.3 Å². The minimum Gasteiger partial charge on any atom is -0.487 e. The summed E-state index contributed by atoms with van der Waals surface area (Å²) >= 11 is 0. The van der Waals surface area contributed by atoms with Gasteiger partial charge in [0, 0.05) is 5.56 Å². The topological polar surface area (TPSA) is 45.5 Å². The molecule has 1 aromatic rings. The minimum absolute atomic E-state index is 0.161. The fourth-order valence-corrected chi connectivity index (χ4v) is 2.34.